The summed E-state index contributed by atoms with van der Waals surface area (Å²) in [5.74, 6) is 1.54. The molecule has 2 aliphatic heterocycles. The molecule has 3 N–H and O–H groups in total. The van der Waals surface area contributed by atoms with E-state index in [-0.39, 0.29) is 0 Å². The minimum absolute atomic E-state index is 0.312. The summed E-state index contributed by atoms with van der Waals surface area (Å²) in [5, 5.41) is 3.88. The largest absolute Gasteiger partial charge is 0.456 e. The molecule has 1 fully saturated rings. The highest BCUT2D eigenvalue weighted by molar-refractivity contribution is 6.30. The van der Waals surface area contributed by atoms with E-state index in [4.69, 9.17) is 22.1 Å². The number of fused-ring (bicyclic) bond motifs is 1. The fraction of sp³-hybridized carbons (Fsp3) is 0.348. The van der Waals surface area contributed by atoms with Gasteiger partial charge in [0.1, 0.15) is 11.5 Å². The Morgan fingerprint density at radius 2 is 2.14 bits per heavy atom. The summed E-state index contributed by atoms with van der Waals surface area (Å²) >= 11 is 6.19. The molecule has 2 aromatic rings. The Balaban J connectivity index is 1.78. The van der Waals surface area contributed by atoms with E-state index in [1.165, 1.54) is 11.3 Å². The highest BCUT2D eigenvalue weighted by atomic mass is 35.5. The number of halogens is 1. The standard InChI is InChI=1S/C23H27ClN4O/c1-15-6-7-21-22(28(15)2)9-8-20(16(11-25)12-27-18-13-26-14-18)23(21)29-19-5-3-4-17(24)10-19/h3-5,8-12,15,18,26H,6-7,13-14,25H2,1-2H3. The van der Waals surface area contributed by atoms with E-state index >= 15 is 0 Å². The molecule has 0 aliphatic carbocycles. The van der Waals surface area contributed by atoms with Gasteiger partial charge in [0, 0.05) is 66.0 Å². The van der Waals surface area contributed by atoms with Crippen LogP contribution in [0.25, 0.3) is 5.57 Å². The Labute approximate surface area is 177 Å². The Morgan fingerprint density at radius 3 is 2.83 bits per heavy atom. The fourth-order valence-corrected chi connectivity index (χ4v) is 3.91. The minimum Gasteiger partial charge on any atom is -0.456 e. The van der Waals surface area contributed by atoms with Crippen molar-refractivity contribution in [1.29, 1.82) is 0 Å². The summed E-state index contributed by atoms with van der Waals surface area (Å²) in [6, 6.07) is 12.5. The molecule has 4 rings (SSSR count). The van der Waals surface area contributed by atoms with Crippen molar-refractivity contribution in [2.45, 2.75) is 31.8 Å². The topological polar surface area (TPSA) is 62.9 Å². The van der Waals surface area contributed by atoms with E-state index < -0.39 is 0 Å². The van der Waals surface area contributed by atoms with Gasteiger partial charge in [-0.05, 0) is 50.1 Å². The van der Waals surface area contributed by atoms with Gasteiger partial charge in [0.25, 0.3) is 0 Å². The van der Waals surface area contributed by atoms with E-state index in [2.05, 4.69) is 41.3 Å². The number of nitrogens with zero attached hydrogens (tertiary/aromatic N) is 2. The number of aliphatic imine (C=N–C) groups is 1. The average Bonchev–Trinajstić information content (AvgIpc) is 2.67. The van der Waals surface area contributed by atoms with Crippen LogP contribution in [0.1, 0.15) is 24.5 Å². The third kappa shape index (κ3) is 4.11. The second-order valence-electron chi connectivity index (χ2n) is 7.71. The number of benzene rings is 2. The molecule has 0 aromatic heterocycles. The lowest BCUT2D eigenvalue weighted by atomic mass is 9.92. The number of nitrogens with one attached hydrogen (secondary N) is 1. The van der Waals surface area contributed by atoms with Crippen molar-refractivity contribution in [2.24, 2.45) is 10.7 Å². The highest BCUT2D eigenvalue weighted by Gasteiger charge is 2.26. The number of rotatable bonds is 5. The smallest absolute Gasteiger partial charge is 0.140 e. The molecule has 1 saturated heterocycles. The van der Waals surface area contributed by atoms with Gasteiger partial charge in [0.05, 0.1) is 6.04 Å². The van der Waals surface area contributed by atoms with Gasteiger partial charge in [-0.3, -0.25) is 4.99 Å². The summed E-state index contributed by atoms with van der Waals surface area (Å²) in [5.41, 5.74) is 10.2. The normalized spacial score (nSPS) is 19.9. The zero-order chi connectivity index (χ0) is 20.4. The van der Waals surface area contributed by atoms with Crippen molar-refractivity contribution >= 4 is 29.1 Å². The molecule has 0 bridgehead atoms. The molecule has 5 nitrogen and oxygen atoms in total. The van der Waals surface area contributed by atoms with Crippen LogP contribution < -0.4 is 20.7 Å². The summed E-state index contributed by atoms with van der Waals surface area (Å²) in [7, 11) is 2.14. The fourth-order valence-electron chi connectivity index (χ4n) is 3.73. The van der Waals surface area contributed by atoms with Crippen molar-refractivity contribution in [1.82, 2.24) is 5.32 Å². The van der Waals surface area contributed by atoms with Crippen molar-refractivity contribution < 1.29 is 4.74 Å². The monoisotopic (exact) mass is 410 g/mol. The average molecular weight is 411 g/mol. The number of anilines is 1. The molecule has 2 heterocycles. The zero-order valence-corrected chi connectivity index (χ0v) is 17.6. The second kappa shape index (κ2) is 8.47. The summed E-state index contributed by atoms with van der Waals surface area (Å²) < 4.78 is 6.42. The van der Waals surface area contributed by atoms with Crippen molar-refractivity contribution in [3.05, 3.63) is 58.7 Å². The molecule has 1 atom stereocenters. The van der Waals surface area contributed by atoms with Gasteiger partial charge in [-0.2, -0.15) is 0 Å². The third-order valence-corrected chi connectivity index (χ3v) is 6.02. The summed E-state index contributed by atoms with van der Waals surface area (Å²) in [4.78, 5) is 6.97. The van der Waals surface area contributed by atoms with E-state index in [0.29, 0.717) is 22.9 Å². The molecule has 29 heavy (non-hydrogen) atoms. The molecule has 6 heteroatoms. The lowest BCUT2D eigenvalue weighted by Crippen LogP contribution is -2.45. The SMILES string of the molecule is CC1CCc2c(ccc(C(C=NC3CNC3)=CN)c2Oc2cccc(Cl)c2)N1C. The summed E-state index contributed by atoms with van der Waals surface area (Å²) in [6.45, 7) is 4.07. The molecule has 1 unspecified atom stereocenters. The van der Waals surface area contributed by atoms with Gasteiger partial charge in [0.2, 0.25) is 0 Å². The number of ether oxygens (including phenoxy) is 1. The molecule has 0 radical (unpaired) electrons. The molecule has 2 aliphatic rings. The first-order valence-electron chi connectivity index (χ1n) is 10.0. The van der Waals surface area contributed by atoms with Crippen molar-refractivity contribution in [3.8, 4) is 11.5 Å². The first-order chi connectivity index (χ1) is 14.1. The van der Waals surface area contributed by atoms with Crippen LogP contribution >= 0.6 is 11.6 Å². The van der Waals surface area contributed by atoms with Crippen LogP contribution in [-0.4, -0.2) is 38.4 Å². The molecular weight excluding hydrogens is 384 g/mol. The lowest BCUT2D eigenvalue weighted by molar-refractivity contribution is 0.449. The number of hydrogen-bond acceptors (Lipinski definition) is 5. The molecule has 0 saturated carbocycles. The number of hydrogen-bond donors (Lipinski definition) is 2. The van der Waals surface area contributed by atoms with E-state index in [1.54, 1.807) is 6.20 Å². The van der Waals surface area contributed by atoms with Crippen LogP contribution in [0.5, 0.6) is 11.5 Å². The van der Waals surface area contributed by atoms with E-state index in [0.717, 1.165) is 42.8 Å². The molecule has 152 valence electrons. The lowest BCUT2D eigenvalue weighted by Gasteiger charge is -2.35. The predicted octanol–water partition coefficient (Wildman–Crippen LogP) is 4.25. The maximum Gasteiger partial charge on any atom is 0.140 e. The van der Waals surface area contributed by atoms with Gasteiger partial charge in [-0.15, -0.1) is 0 Å². The second-order valence-corrected chi connectivity index (χ2v) is 8.15. The first-order valence-corrected chi connectivity index (χ1v) is 10.4. The number of nitrogens with two attached hydrogens (primary N) is 1. The molecule has 0 spiro atoms. The summed E-state index contributed by atoms with van der Waals surface area (Å²) in [6.07, 6.45) is 5.50. The molecular formula is C23H27ClN4O. The maximum atomic E-state index is 6.42. The first kappa shape index (κ1) is 19.8. The third-order valence-electron chi connectivity index (χ3n) is 5.78. The van der Waals surface area contributed by atoms with Crippen LogP contribution in [0.3, 0.4) is 0 Å². The number of allylic oxidation sites excluding steroid dienone is 1. The molecule has 2 aromatic carbocycles. The van der Waals surface area contributed by atoms with Crippen molar-refractivity contribution in [3.63, 3.8) is 0 Å². The van der Waals surface area contributed by atoms with E-state index in [1.807, 2.05) is 30.5 Å². The maximum absolute atomic E-state index is 6.42. The van der Waals surface area contributed by atoms with Crippen LogP contribution in [-0.2, 0) is 6.42 Å². The minimum atomic E-state index is 0.312. The molecule has 0 amide bonds. The van der Waals surface area contributed by atoms with Crippen molar-refractivity contribution in [2.75, 3.05) is 25.0 Å². The predicted molar refractivity (Wildman–Crippen MR) is 121 cm³/mol. The quantitative estimate of drug-likeness (QED) is 0.723. The van der Waals surface area contributed by atoms with Gasteiger partial charge < -0.3 is 20.7 Å². The van der Waals surface area contributed by atoms with Crippen LogP contribution in [0.15, 0.2) is 47.6 Å². The highest BCUT2D eigenvalue weighted by Crippen LogP contribution is 2.42. The van der Waals surface area contributed by atoms with Gasteiger partial charge >= 0.3 is 0 Å². The Kier molecular flexibility index (Phi) is 5.79. The van der Waals surface area contributed by atoms with Crippen LogP contribution in [0.2, 0.25) is 5.02 Å². The Bertz CT molecular complexity index is 952. The van der Waals surface area contributed by atoms with Gasteiger partial charge in [0.15, 0.2) is 0 Å². The zero-order valence-electron chi connectivity index (χ0n) is 16.9. The Morgan fingerprint density at radius 1 is 1.31 bits per heavy atom. The van der Waals surface area contributed by atoms with Gasteiger partial charge in [-0.25, -0.2) is 0 Å². The Hall–Kier alpha value is -2.50. The van der Waals surface area contributed by atoms with E-state index in [9.17, 15) is 0 Å². The van der Waals surface area contributed by atoms with Gasteiger partial charge in [-0.1, -0.05) is 17.7 Å². The van der Waals surface area contributed by atoms with Crippen LogP contribution in [0, 0.1) is 0 Å². The van der Waals surface area contributed by atoms with Crippen LogP contribution in [0.4, 0.5) is 5.69 Å².